The van der Waals surface area contributed by atoms with Crippen molar-refractivity contribution in [1.82, 2.24) is 24.5 Å². The maximum absolute atomic E-state index is 6.47. The Morgan fingerprint density at radius 1 is 1.24 bits per heavy atom. The number of morpholine rings is 1. The second-order valence-electron chi connectivity index (χ2n) is 7.73. The number of hydrogen-bond acceptors (Lipinski definition) is 6. The molecule has 0 saturated carbocycles. The van der Waals surface area contributed by atoms with Crippen LogP contribution in [-0.2, 0) is 16.5 Å². The first-order valence-electron chi connectivity index (χ1n) is 10.2. The van der Waals surface area contributed by atoms with Gasteiger partial charge in [-0.25, -0.2) is 9.67 Å². The highest BCUT2D eigenvalue weighted by molar-refractivity contribution is 6.30. The number of anilines is 1. The van der Waals surface area contributed by atoms with Crippen LogP contribution in [-0.4, -0.2) is 57.0 Å². The number of aryl methyl sites for hydroxylation is 1. The lowest BCUT2D eigenvalue weighted by Gasteiger charge is -2.35. The topological polar surface area (TPSA) is 70.2 Å². The molecule has 154 valence electrons. The molecule has 29 heavy (non-hydrogen) atoms. The van der Waals surface area contributed by atoms with Gasteiger partial charge in [0.15, 0.2) is 6.23 Å². The van der Waals surface area contributed by atoms with E-state index in [0.29, 0.717) is 18.4 Å². The normalized spacial score (nSPS) is 23.1. The van der Waals surface area contributed by atoms with Gasteiger partial charge in [-0.2, -0.15) is 10.2 Å². The summed E-state index contributed by atoms with van der Waals surface area (Å²) in [4.78, 5) is 6.99. The van der Waals surface area contributed by atoms with Crippen LogP contribution in [0.1, 0.15) is 32.4 Å². The number of rotatable bonds is 3. The van der Waals surface area contributed by atoms with Crippen LogP contribution >= 0.6 is 11.6 Å². The molecule has 0 radical (unpaired) electrons. The van der Waals surface area contributed by atoms with Crippen LogP contribution in [0.15, 0.2) is 18.3 Å². The molecule has 0 amide bonds. The van der Waals surface area contributed by atoms with Crippen molar-refractivity contribution < 1.29 is 9.47 Å². The molecular weight excluding hydrogens is 392 g/mol. The van der Waals surface area contributed by atoms with E-state index in [-0.39, 0.29) is 12.3 Å². The zero-order chi connectivity index (χ0) is 20.0. The third-order valence-electron chi connectivity index (χ3n) is 5.76. The fourth-order valence-corrected chi connectivity index (χ4v) is 4.54. The molecular formula is C20H25ClN6O2. The summed E-state index contributed by atoms with van der Waals surface area (Å²) >= 11 is 6.47. The van der Waals surface area contributed by atoms with Gasteiger partial charge >= 0.3 is 0 Å². The largest absolute Gasteiger partial charge is 0.377 e. The van der Waals surface area contributed by atoms with E-state index in [1.165, 1.54) is 0 Å². The Morgan fingerprint density at radius 3 is 2.93 bits per heavy atom. The van der Waals surface area contributed by atoms with E-state index in [1.807, 2.05) is 28.5 Å². The van der Waals surface area contributed by atoms with Gasteiger partial charge in [0.2, 0.25) is 0 Å². The third-order valence-corrected chi connectivity index (χ3v) is 5.95. The second-order valence-corrected chi connectivity index (χ2v) is 8.12. The average molecular weight is 417 g/mol. The lowest BCUT2D eigenvalue weighted by molar-refractivity contribution is -0.0384. The highest BCUT2D eigenvalue weighted by Gasteiger charge is 2.27. The Balaban J connectivity index is 1.65. The van der Waals surface area contributed by atoms with Gasteiger partial charge in [0.25, 0.3) is 0 Å². The molecule has 0 spiro atoms. The first kappa shape index (κ1) is 18.8. The van der Waals surface area contributed by atoms with Crippen LogP contribution < -0.4 is 4.90 Å². The minimum Gasteiger partial charge on any atom is -0.377 e. The number of fused-ring (bicyclic) bond motifs is 1. The summed E-state index contributed by atoms with van der Waals surface area (Å²) in [6.07, 6.45) is 4.91. The quantitative estimate of drug-likeness (QED) is 0.609. The molecule has 3 aromatic heterocycles. The average Bonchev–Trinajstić information content (AvgIpc) is 3.33. The highest BCUT2D eigenvalue weighted by Crippen LogP contribution is 2.37. The Labute approximate surface area is 174 Å². The van der Waals surface area contributed by atoms with Crippen molar-refractivity contribution in [3.8, 4) is 11.4 Å². The standard InChI is InChI=1S/C20H25ClN6O2/c1-13-12-28-10-8-26(13)15-11-16(21)23-19-18(24-25(2)20(15)19)14-6-7-22-27(14)17-5-3-4-9-29-17/h6-7,11,13,17H,3-5,8-10,12H2,1-2H3/t13-,17?/m1/s1. The molecule has 9 heteroatoms. The van der Waals surface area contributed by atoms with Gasteiger partial charge in [0.05, 0.1) is 24.6 Å². The van der Waals surface area contributed by atoms with Crippen molar-refractivity contribution in [1.29, 1.82) is 0 Å². The lowest BCUT2D eigenvalue weighted by atomic mass is 10.1. The van der Waals surface area contributed by atoms with Gasteiger partial charge in [-0.05, 0) is 32.3 Å². The number of aromatic nitrogens is 5. The maximum Gasteiger partial charge on any atom is 0.150 e. The predicted octanol–water partition coefficient (Wildman–Crippen LogP) is 3.41. The van der Waals surface area contributed by atoms with E-state index in [9.17, 15) is 0 Å². The number of nitrogens with zero attached hydrogens (tertiary/aromatic N) is 6. The van der Waals surface area contributed by atoms with Crippen molar-refractivity contribution in [2.75, 3.05) is 31.3 Å². The van der Waals surface area contributed by atoms with E-state index in [0.717, 1.165) is 60.5 Å². The molecule has 3 aromatic rings. The molecule has 5 heterocycles. The van der Waals surface area contributed by atoms with E-state index >= 15 is 0 Å². The van der Waals surface area contributed by atoms with E-state index in [2.05, 4.69) is 21.9 Å². The minimum atomic E-state index is -0.0660. The molecule has 2 aliphatic heterocycles. The Kier molecular flexibility index (Phi) is 4.93. The minimum absolute atomic E-state index is 0.0660. The summed E-state index contributed by atoms with van der Waals surface area (Å²) in [5.74, 6) is 0. The van der Waals surface area contributed by atoms with Crippen LogP contribution in [0.4, 0.5) is 5.69 Å². The zero-order valence-corrected chi connectivity index (χ0v) is 17.5. The summed E-state index contributed by atoms with van der Waals surface area (Å²) in [5.41, 5.74) is 4.47. The Morgan fingerprint density at radius 2 is 2.14 bits per heavy atom. The van der Waals surface area contributed by atoms with Crippen molar-refractivity contribution in [2.45, 2.75) is 38.5 Å². The fourth-order valence-electron chi connectivity index (χ4n) is 4.35. The number of pyridine rings is 1. The van der Waals surface area contributed by atoms with Crippen molar-refractivity contribution >= 4 is 28.3 Å². The molecule has 2 saturated heterocycles. The molecule has 0 aromatic carbocycles. The first-order chi connectivity index (χ1) is 14.1. The summed E-state index contributed by atoms with van der Waals surface area (Å²) in [6.45, 7) is 5.12. The van der Waals surface area contributed by atoms with Gasteiger partial charge in [-0.15, -0.1) is 0 Å². The van der Waals surface area contributed by atoms with Crippen LogP contribution in [0.25, 0.3) is 22.4 Å². The summed E-state index contributed by atoms with van der Waals surface area (Å²) in [5, 5.41) is 9.82. The van der Waals surface area contributed by atoms with Gasteiger partial charge in [-0.3, -0.25) is 4.68 Å². The van der Waals surface area contributed by atoms with Crippen LogP contribution in [0.2, 0.25) is 5.15 Å². The molecule has 0 bridgehead atoms. The SMILES string of the molecule is C[C@@H]1COCCN1c1cc(Cl)nc2c(-c3ccnn3C3CCCCO3)nn(C)c12. The van der Waals surface area contributed by atoms with Gasteiger partial charge in [0, 0.05) is 38.5 Å². The van der Waals surface area contributed by atoms with Crippen molar-refractivity contribution in [3.63, 3.8) is 0 Å². The molecule has 8 nitrogen and oxygen atoms in total. The summed E-state index contributed by atoms with van der Waals surface area (Å²) < 4.78 is 15.4. The number of halogens is 1. The van der Waals surface area contributed by atoms with Crippen molar-refractivity contribution in [2.24, 2.45) is 7.05 Å². The number of ether oxygens (including phenoxy) is 2. The van der Waals surface area contributed by atoms with Crippen molar-refractivity contribution in [3.05, 3.63) is 23.5 Å². The van der Waals surface area contributed by atoms with Gasteiger partial charge in [0.1, 0.15) is 21.9 Å². The second kappa shape index (κ2) is 7.59. The maximum atomic E-state index is 6.47. The summed E-state index contributed by atoms with van der Waals surface area (Å²) in [7, 11) is 1.95. The Bertz CT molecular complexity index is 1030. The van der Waals surface area contributed by atoms with Gasteiger partial charge in [-0.1, -0.05) is 11.6 Å². The van der Waals surface area contributed by atoms with E-state index in [1.54, 1.807) is 6.20 Å². The zero-order valence-electron chi connectivity index (χ0n) is 16.7. The van der Waals surface area contributed by atoms with E-state index < -0.39 is 0 Å². The molecule has 5 rings (SSSR count). The fraction of sp³-hybridized carbons (Fsp3) is 0.550. The van der Waals surface area contributed by atoms with Crippen LogP contribution in [0.5, 0.6) is 0 Å². The number of hydrogen-bond donors (Lipinski definition) is 0. The monoisotopic (exact) mass is 416 g/mol. The Hall–Kier alpha value is -2.16. The highest BCUT2D eigenvalue weighted by atomic mass is 35.5. The van der Waals surface area contributed by atoms with Gasteiger partial charge < -0.3 is 14.4 Å². The van der Waals surface area contributed by atoms with Crippen LogP contribution in [0, 0.1) is 0 Å². The first-order valence-corrected chi connectivity index (χ1v) is 10.5. The predicted molar refractivity (Wildman–Crippen MR) is 111 cm³/mol. The molecule has 0 N–H and O–H groups in total. The molecule has 1 unspecified atom stereocenters. The molecule has 2 fully saturated rings. The molecule has 2 aliphatic rings. The lowest BCUT2D eigenvalue weighted by Crippen LogP contribution is -2.43. The third kappa shape index (κ3) is 3.29. The summed E-state index contributed by atoms with van der Waals surface area (Å²) in [6, 6.07) is 4.16. The molecule has 0 aliphatic carbocycles. The van der Waals surface area contributed by atoms with Crippen LogP contribution in [0.3, 0.4) is 0 Å². The van der Waals surface area contributed by atoms with E-state index in [4.69, 9.17) is 26.2 Å². The molecule has 2 atom stereocenters. The smallest absolute Gasteiger partial charge is 0.150 e.